The second-order valence-electron chi connectivity index (χ2n) is 10.6. The highest BCUT2D eigenvalue weighted by molar-refractivity contribution is 6.83. The number of phenolic OH excluding ortho intramolecular Hbond substituents is 1. The van der Waals surface area contributed by atoms with E-state index in [4.69, 9.17) is 12.3 Å². The van der Waals surface area contributed by atoms with E-state index in [0.717, 1.165) is 30.8 Å². The van der Waals surface area contributed by atoms with Crippen molar-refractivity contribution >= 4 is 35.2 Å². The van der Waals surface area contributed by atoms with Crippen molar-refractivity contribution in [1.82, 2.24) is 0 Å². The third kappa shape index (κ3) is 12.7. The molecule has 1 rings (SSSR count). The quantitative estimate of drug-likeness (QED) is 0.0998. The summed E-state index contributed by atoms with van der Waals surface area (Å²) in [7, 11) is -17.4. The lowest BCUT2D eigenvalue weighted by atomic mass is 9.70. The Morgan fingerprint density at radius 2 is 1.12 bits per heavy atom. The van der Waals surface area contributed by atoms with Gasteiger partial charge in [-0.15, -0.1) is 0 Å². The van der Waals surface area contributed by atoms with Crippen LogP contribution in [0, 0.1) is 6.92 Å². The molecular weight excluding hydrogens is 585 g/mol. The van der Waals surface area contributed by atoms with Crippen LogP contribution < -0.4 is 0 Å². The Morgan fingerprint density at radius 3 is 1.48 bits per heavy atom. The number of hydrogen-bond donors (Lipinski definition) is 7. The van der Waals surface area contributed by atoms with Gasteiger partial charge in [0.25, 0.3) is 0 Å². The third-order valence-corrected chi connectivity index (χ3v) is 15.5. The molecule has 228 valence electrons. The highest BCUT2D eigenvalue weighted by Crippen LogP contribution is 2.43. The molecule has 0 atom stereocenters. The third-order valence-electron chi connectivity index (χ3n) is 6.16. The molecule has 0 radical (unpaired) electrons. The molecule has 0 bridgehead atoms. The van der Waals surface area contributed by atoms with Crippen LogP contribution >= 0.6 is 0 Å². The van der Waals surface area contributed by atoms with Gasteiger partial charge in [-0.3, -0.25) is 0 Å². The van der Waals surface area contributed by atoms with Gasteiger partial charge in [0, 0.05) is 36.7 Å². The summed E-state index contributed by atoms with van der Waals surface area (Å²) in [4.78, 5) is 60.5. The van der Waals surface area contributed by atoms with Gasteiger partial charge >= 0.3 is 35.2 Å². The van der Waals surface area contributed by atoms with Crippen molar-refractivity contribution in [3.8, 4) is 5.75 Å². The molecule has 0 saturated carbocycles. The summed E-state index contributed by atoms with van der Waals surface area (Å²) in [5, 5.41) is 11.2. The van der Waals surface area contributed by atoms with Crippen LogP contribution in [-0.4, -0.2) is 69.1 Å². The van der Waals surface area contributed by atoms with Gasteiger partial charge in [0.15, 0.2) is 0 Å². The Morgan fingerprint density at radius 1 is 0.725 bits per heavy atom. The molecule has 1 aromatic rings. The van der Waals surface area contributed by atoms with Crippen molar-refractivity contribution in [1.29, 1.82) is 0 Å². The van der Waals surface area contributed by atoms with Gasteiger partial charge in [-0.05, 0) is 70.9 Å². The first-order valence-corrected chi connectivity index (χ1v) is 22.3. The van der Waals surface area contributed by atoms with Crippen molar-refractivity contribution in [2.45, 2.75) is 90.9 Å². The highest BCUT2D eigenvalue weighted by Gasteiger charge is 2.56. The lowest BCUT2D eigenvalue weighted by Gasteiger charge is -2.37. The molecule has 0 unspecified atom stereocenters. The van der Waals surface area contributed by atoms with Gasteiger partial charge in [-0.25, -0.2) is 0 Å². The first kappa shape index (κ1) is 36.8. The van der Waals surface area contributed by atoms with Gasteiger partial charge < -0.3 is 46.2 Å². The fraction of sp³-hybridized carbons (Fsp3) is 0.538. The maximum absolute atomic E-state index is 11.2. The number of allylic oxidation sites excluding steroid dienone is 6. The van der Waals surface area contributed by atoms with Crippen LogP contribution in [0.25, 0.3) is 0 Å². The zero-order valence-corrected chi connectivity index (χ0v) is 28.7. The maximum Gasteiger partial charge on any atom is 0.484 e. The lowest BCUT2D eigenvalue weighted by molar-refractivity contribution is 0.108. The Hall–Kier alpha value is -1.25. The average Bonchev–Trinajstić information content (AvgIpc) is 2.77. The molecule has 14 heteroatoms. The van der Waals surface area contributed by atoms with Crippen molar-refractivity contribution in [3.05, 3.63) is 65.3 Å². The number of aryl methyl sites for hydroxylation is 2. The van der Waals surface area contributed by atoms with Gasteiger partial charge in [0.1, 0.15) is 5.75 Å². The molecular formula is C26H48O10Si4. The second-order valence-corrected chi connectivity index (χ2v) is 20.5. The smallest absolute Gasteiger partial charge is 0.484 e. The maximum atomic E-state index is 11.2. The van der Waals surface area contributed by atoms with Gasteiger partial charge in [-0.2, -0.15) is 0 Å². The minimum Gasteiger partial charge on any atom is -0.507 e. The van der Waals surface area contributed by atoms with Crippen LogP contribution in [0.2, 0.25) is 25.7 Å². The molecule has 0 amide bonds. The van der Waals surface area contributed by atoms with Gasteiger partial charge in [-0.1, -0.05) is 48.6 Å². The fourth-order valence-electron chi connectivity index (χ4n) is 4.62. The zero-order valence-electron chi connectivity index (χ0n) is 24.7. The monoisotopic (exact) mass is 632 g/mol. The Kier molecular flexibility index (Phi) is 14.1. The number of aromatic hydroxyl groups is 1. The predicted molar refractivity (Wildman–Crippen MR) is 163 cm³/mol. The minimum atomic E-state index is -4.37. The van der Waals surface area contributed by atoms with E-state index in [9.17, 15) is 33.9 Å². The standard InChI is InChI=1S/C26H48O10Si4/c1-8-11-16-26(17-12-9-2,18-13-10-3)24-21-23(20-22(4)25(24)27)15-14-19-40(34-37(5,28)29,35-38(6,30)31)36-39(7,32)33/h8-13,20-21,27-33H,14-19H2,1-7H3/b11-8+,12-9+,13-10+. The second kappa shape index (κ2) is 15.3. The van der Waals surface area contributed by atoms with E-state index < -0.39 is 40.6 Å². The Balaban J connectivity index is 3.52. The van der Waals surface area contributed by atoms with Crippen LogP contribution in [0.3, 0.4) is 0 Å². The SMILES string of the molecule is C/C=C/CC(C/C=C/C)(C/C=C/C)c1cc(CCC[Si](O[Si](C)(O)O)(O[Si](C)(O)O)O[Si](C)(O)O)cc(C)c1O. The molecule has 0 aliphatic carbocycles. The molecule has 0 aliphatic rings. The summed E-state index contributed by atoms with van der Waals surface area (Å²) < 4.78 is 16.1. The van der Waals surface area contributed by atoms with Crippen LogP contribution in [0.5, 0.6) is 5.75 Å². The molecule has 0 fully saturated rings. The number of hydrogen-bond acceptors (Lipinski definition) is 10. The number of rotatable bonds is 17. The van der Waals surface area contributed by atoms with Gasteiger partial charge in [0.05, 0.1) is 0 Å². The molecule has 10 nitrogen and oxygen atoms in total. The van der Waals surface area contributed by atoms with E-state index in [1.54, 1.807) is 0 Å². The topological polar surface area (TPSA) is 169 Å². The zero-order chi connectivity index (χ0) is 30.8. The number of benzene rings is 1. The van der Waals surface area contributed by atoms with Gasteiger partial charge in [0.2, 0.25) is 0 Å². The van der Waals surface area contributed by atoms with Crippen LogP contribution in [-0.2, 0) is 24.2 Å². The molecule has 0 aliphatic heterocycles. The van der Waals surface area contributed by atoms with E-state index in [0.29, 0.717) is 31.2 Å². The lowest BCUT2D eigenvalue weighted by Crippen LogP contribution is -2.64. The summed E-state index contributed by atoms with van der Waals surface area (Å²) in [5.41, 5.74) is 2.00. The largest absolute Gasteiger partial charge is 0.507 e. The fourth-order valence-corrected chi connectivity index (χ4v) is 15.2. The molecule has 0 aromatic heterocycles. The Labute approximate surface area is 243 Å². The molecule has 1 aromatic carbocycles. The number of phenols is 1. The first-order valence-electron chi connectivity index (χ1n) is 13.4. The summed E-state index contributed by atoms with van der Waals surface area (Å²) in [6.07, 6.45) is 15.1. The van der Waals surface area contributed by atoms with Crippen molar-refractivity contribution in [2.75, 3.05) is 0 Å². The molecule has 0 heterocycles. The normalized spacial score (nSPS) is 14.3. The predicted octanol–water partition coefficient (Wildman–Crippen LogP) is 3.42. The van der Waals surface area contributed by atoms with Crippen LogP contribution in [0.1, 0.15) is 63.1 Å². The minimum absolute atomic E-state index is 0.139. The van der Waals surface area contributed by atoms with E-state index in [1.165, 1.54) is 0 Å². The molecule has 0 spiro atoms. The van der Waals surface area contributed by atoms with Crippen LogP contribution in [0.4, 0.5) is 0 Å². The molecule has 7 N–H and O–H groups in total. The van der Waals surface area contributed by atoms with E-state index >= 15 is 0 Å². The summed E-state index contributed by atoms with van der Waals surface area (Å²) >= 11 is 0. The summed E-state index contributed by atoms with van der Waals surface area (Å²) in [6.45, 7) is 10.8. The van der Waals surface area contributed by atoms with E-state index in [-0.39, 0.29) is 18.2 Å². The van der Waals surface area contributed by atoms with Crippen molar-refractivity contribution in [3.63, 3.8) is 0 Å². The first-order chi connectivity index (χ1) is 18.3. The van der Waals surface area contributed by atoms with Crippen LogP contribution in [0.15, 0.2) is 48.6 Å². The summed E-state index contributed by atoms with van der Waals surface area (Å²) in [6, 6.07) is 3.69. The van der Waals surface area contributed by atoms with Crippen molar-refractivity contribution in [2.24, 2.45) is 0 Å². The van der Waals surface area contributed by atoms with E-state index in [1.807, 2.05) is 58.1 Å². The Bertz CT molecular complexity index is 947. The van der Waals surface area contributed by atoms with E-state index in [2.05, 4.69) is 18.2 Å². The average molecular weight is 633 g/mol. The highest BCUT2D eigenvalue weighted by atomic mass is 28.5. The van der Waals surface area contributed by atoms with Crippen molar-refractivity contribution < 1.29 is 46.2 Å². The molecule has 40 heavy (non-hydrogen) atoms. The molecule has 0 saturated heterocycles. The summed E-state index contributed by atoms with van der Waals surface area (Å²) in [5.74, 6) is 0.230.